The van der Waals surface area contributed by atoms with Crippen molar-refractivity contribution >= 4 is 0 Å². The van der Waals surface area contributed by atoms with Gasteiger partial charge in [-0.15, -0.1) is 0 Å². The molecule has 1 saturated carbocycles. The predicted octanol–water partition coefficient (Wildman–Crippen LogP) is 1.27. The quantitative estimate of drug-likeness (QED) is 0.634. The number of hydrogen-bond donors (Lipinski definition) is 2. The molecule has 1 fully saturated rings. The molecular formula is C9H19NO. The Balaban J connectivity index is 2.37. The molecule has 0 heterocycles. The zero-order valence-corrected chi connectivity index (χ0v) is 7.72. The van der Waals surface area contributed by atoms with Gasteiger partial charge >= 0.3 is 0 Å². The van der Waals surface area contributed by atoms with Crippen LogP contribution in [0.15, 0.2) is 0 Å². The Hall–Kier alpha value is -0.0800. The first kappa shape index (κ1) is 9.01. The highest BCUT2D eigenvalue weighted by Crippen LogP contribution is 2.42. The summed E-state index contributed by atoms with van der Waals surface area (Å²) in [4.78, 5) is 0. The van der Waals surface area contributed by atoms with E-state index in [0.717, 1.165) is 19.3 Å². The van der Waals surface area contributed by atoms with Crippen LogP contribution in [0.4, 0.5) is 0 Å². The van der Waals surface area contributed by atoms with Gasteiger partial charge in [-0.1, -0.05) is 13.8 Å². The molecule has 11 heavy (non-hydrogen) atoms. The third-order valence-electron chi connectivity index (χ3n) is 2.28. The van der Waals surface area contributed by atoms with Crippen molar-refractivity contribution in [3.8, 4) is 0 Å². The summed E-state index contributed by atoms with van der Waals surface area (Å²) in [5.41, 5.74) is 5.47. The molecule has 2 nitrogen and oxygen atoms in total. The Morgan fingerprint density at radius 1 is 1.45 bits per heavy atom. The smallest absolute Gasteiger partial charge is 0.0654 e. The van der Waals surface area contributed by atoms with Crippen molar-refractivity contribution in [2.24, 2.45) is 11.7 Å². The van der Waals surface area contributed by atoms with Gasteiger partial charge in [-0.3, -0.25) is 0 Å². The van der Waals surface area contributed by atoms with Crippen LogP contribution in [0, 0.1) is 5.92 Å². The summed E-state index contributed by atoms with van der Waals surface area (Å²) < 4.78 is 0. The average molecular weight is 157 g/mol. The SMILES string of the molecule is CC(C)CC1(N)CC(C)(O)C1. The summed E-state index contributed by atoms with van der Waals surface area (Å²) in [6.45, 7) is 6.20. The van der Waals surface area contributed by atoms with Crippen LogP contribution < -0.4 is 5.73 Å². The van der Waals surface area contributed by atoms with Crippen LogP contribution in [0.2, 0.25) is 0 Å². The maximum Gasteiger partial charge on any atom is 0.0654 e. The molecule has 0 spiro atoms. The first-order chi connectivity index (χ1) is 4.83. The third-order valence-corrected chi connectivity index (χ3v) is 2.28. The van der Waals surface area contributed by atoms with Crippen LogP contribution in [0.25, 0.3) is 0 Å². The Bertz CT molecular complexity index is 138. The molecule has 66 valence electrons. The van der Waals surface area contributed by atoms with Crippen molar-refractivity contribution in [2.75, 3.05) is 0 Å². The van der Waals surface area contributed by atoms with Crippen LogP contribution >= 0.6 is 0 Å². The lowest BCUT2D eigenvalue weighted by molar-refractivity contribution is -0.0772. The summed E-state index contributed by atoms with van der Waals surface area (Å²) >= 11 is 0. The van der Waals surface area contributed by atoms with E-state index < -0.39 is 5.60 Å². The lowest BCUT2D eigenvalue weighted by Crippen LogP contribution is -2.61. The monoisotopic (exact) mass is 157 g/mol. The maximum absolute atomic E-state index is 9.48. The molecule has 1 rings (SSSR count). The zero-order valence-electron chi connectivity index (χ0n) is 7.72. The van der Waals surface area contributed by atoms with Crippen LogP contribution in [0.5, 0.6) is 0 Å². The normalized spacial score (nSPS) is 44.2. The molecule has 0 amide bonds. The third kappa shape index (κ3) is 2.17. The Labute approximate surface area is 68.8 Å². The van der Waals surface area contributed by atoms with Gasteiger partial charge in [0.2, 0.25) is 0 Å². The average Bonchev–Trinajstić information content (AvgIpc) is 1.52. The molecule has 0 saturated heterocycles. The second-order valence-corrected chi connectivity index (χ2v) is 4.81. The van der Waals surface area contributed by atoms with E-state index >= 15 is 0 Å². The van der Waals surface area contributed by atoms with Gasteiger partial charge in [0.25, 0.3) is 0 Å². The fraction of sp³-hybridized carbons (Fsp3) is 1.00. The van der Waals surface area contributed by atoms with E-state index in [0.29, 0.717) is 5.92 Å². The Kier molecular flexibility index (Phi) is 2.01. The first-order valence-corrected chi connectivity index (χ1v) is 4.34. The molecule has 0 aliphatic heterocycles. The van der Waals surface area contributed by atoms with E-state index in [1.54, 1.807) is 0 Å². The van der Waals surface area contributed by atoms with Crippen LogP contribution in [0.1, 0.15) is 40.0 Å². The topological polar surface area (TPSA) is 46.2 Å². The number of rotatable bonds is 2. The maximum atomic E-state index is 9.48. The van der Waals surface area contributed by atoms with E-state index in [4.69, 9.17) is 5.73 Å². The van der Waals surface area contributed by atoms with Gasteiger partial charge < -0.3 is 10.8 Å². The zero-order chi connectivity index (χ0) is 8.70. The molecule has 0 unspecified atom stereocenters. The summed E-state index contributed by atoms with van der Waals surface area (Å²) in [5, 5.41) is 9.48. The van der Waals surface area contributed by atoms with Crippen LogP contribution in [0.3, 0.4) is 0 Å². The molecule has 0 radical (unpaired) electrons. The van der Waals surface area contributed by atoms with Gasteiger partial charge in [0.1, 0.15) is 0 Å². The van der Waals surface area contributed by atoms with Gasteiger partial charge in [-0.25, -0.2) is 0 Å². The molecule has 0 atom stereocenters. The highest BCUT2D eigenvalue weighted by molar-refractivity contribution is 5.06. The fourth-order valence-corrected chi connectivity index (χ4v) is 2.42. The van der Waals surface area contributed by atoms with Crippen molar-refractivity contribution in [3.63, 3.8) is 0 Å². The minimum absolute atomic E-state index is 0.0718. The standard InChI is InChI=1S/C9H19NO/c1-7(2)4-9(10)5-8(3,11)6-9/h7,11H,4-6,10H2,1-3H3. The second-order valence-electron chi connectivity index (χ2n) is 4.81. The lowest BCUT2D eigenvalue weighted by Gasteiger charge is -2.50. The second kappa shape index (κ2) is 2.46. The van der Waals surface area contributed by atoms with Crippen molar-refractivity contribution in [1.29, 1.82) is 0 Å². The molecule has 1 aliphatic rings. The summed E-state index contributed by atoms with van der Waals surface area (Å²) in [6.07, 6.45) is 2.56. The van der Waals surface area contributed by atoms with E-state index in [1.165, 1.54) is 0 Å². The highest BCUT2D eigenvalue weighted by Gasteiger charge is 2.48. The number of nitrogens with two attached hydrogens (primary N) is 1. The molecule has 3 N–H and O–H groups in total. The largest absolute Gasteiger partial charge is 0.390 e. The van der Waals surface area contributed by atoms with Gasteiger partial charge in [-0.05, 0) is 32.1 Å². The van der Waals surface area contributed by atoms with E-state index in [1.807, 2.05) is 6.92 Å². The van der Waals surface area contributed by atoms with Crippen molar-refractivity contribution < 1.29 is 5.11 Å². The molecule has 0 bridgehead atoms. The fourth-order valence-electron chi connectivity index (χ4n) is 2.42. The minimum Gasteiger partial charge on any atom is -0.390 e. The van der Waals surface area contributed by atoms with Crippen LogP contribution in [-0.2, 0) is 0 Å². The van der Waals surface area contributed by atoms with Crippen LogP contribution in [-0.4, -0.2) is 16.2 Å². The molecular weight excluding hydrogens is 138 g/mol. The highest BCUT2D eigenvalue weighted by atomic mass is 16.3. The van der Waals surface area contributed by atoms with Gasteiger partial charge in [0, 0.05) is 5.54 Å². The molecule has 0 aromatic carbocycles. The van der Waals surface area contributed by atoms with Gasteiger partial charge in [0.15, 0.2) is 0 Å². The number of aliphatic hydroxyl groups is 1. The Morgan fingerprint density at radius 2 is 1.91 bits per heavy atom. The van der Waals surface area contributed by atoms with E-state index in [9.17, 15) is 5.11 Å². The van der Waals surface area contributed by atoms with Gasteiger partial charge in [-0.2, -0.15) is 0 Å². The van der Waals surface area contributed by atoms with Crippen molar-refractivity contribution in [3.05, 3.63) is 0 Å². The molecule has 0 aromatic rings. The van der Waals surface area contributed by atoms with Crippen molar-refractivity contribution in [2.45, 2.75) is 51.2 Å². The summed E-state index contributed by atoms with van der Waals surface area (Å²) in [5.74, 6) is 0.635. The number of hydrogen-bond acceptors (Lipinski definition) is 2. The van der Waals surface area contributed by atoms with E-state index in [-0.39, 0.29) is 5.54 Å². The summed E-state index contributed by atoms with van der Waals surface area (Å²) in [6, 6.07) is 0. The van der Waals surface area contributed by atoms with Crippen molar-refractivity contribution in [1.82, 2.24) is 0 Å². The van der Waals surface area contributed by atoms with E-state index in [2.05, 4.69) is 13.8 Å². The van der Waals surface area contributed by atoms with Gasteiger partial charge in [0.05, 0.1) is 5.60 Å². The summed E-state index contributed by atoms with van der Waals surface area (Å²) in [7, 11) is 0. The molecule has 1 aliphatic carbocycles. The predicted molar refractivity (Wildman–Crippen MR) is 46.2 cm³/mol. The molecule has 0 aromatic heterocycles. The lowest BCUT2D eigenvalue weighted by atomic mass is 9.63. The first-order valence-electron chi connectivity index (χ1n) is 4.34. The Morgan fingerprint density at radius 3 is 2.18 bits per heavy atom. The minimum atomic E-state index is -0.482. The molecule has 2 heteroatoms.